The first kappa shape index (κ1) is 16.0. The number of hydrogen-bond acceptors (Lipinski definition) is 5. The van der Waals surface area contributed by atoms with Crippen LogP contribution in [0, 0.1) is 0 Å². The van der Waals surface area contributed by atoms with Crippen LogP contribution in [-0.2, 0) is 4.74 Å². The molecule has 0 saturated carbocycles. The molecule has 0 aromatic carbocycles. The fourth-order valence-corrected chi connectivity index (χ4v) is 2.92. The number of amides is 1. The number of carbonyl (C=O) groups excluding carboxylic acids is 1. The Morgan fingerprint density at radius 1 is 1.43 bits per heavy atom. The van der Waals surface area contributed by atoms with Crippen LogP contribution >= 0.6 is 11.6 Å². The minimum absolute atomic E-state index is 0.0477. The molecule has 3 heterocycles. The largest absolute Gasteiger partial charge is 0.444 e. The summed E-state index contributed by atoms with van der Waals surface area (Å²) in [6, 6.07) is -0.0477. The van der Waals surface area contributed by atoms with E-state index in [0.29, 0.717) is 30.4 Å². The zero-order valence-corrected chi connectivity index (χ0v) is 14.1. The number of halogens is 1. The third-order valence-corrected chi connectivity index (χ3v) is 3.94. The van der Waals surface area contributed by atoms with Gasteiger partial charge in [0, 0.05) is 31.4 Å². The predicted octanol–water partition coefficient (Wildman–Crippen LogP) is 2.49. The Kier molecular flexibility index (Phi) is 4.16. The van der Waals surface area contributed by atoms with Gasteiger partial charge in [-0.05, 0) is 20.8 Å². The highest BCUT2D eigenvalue weighted by Crippen LogP contribution is 2.29. The van der Waals surface area contributed by atoms with E-state index in [2.05, 4.69) is 20.3 Å². The van der Waals surface area contributed by atoms with E-state index in [0.717, 1.165) is 10.9 Å². The van der Waals surface area contributed by atoms with E-state index < -0.39 is 5.60 Å². The average molecular weight is 338 g/mol. The van der Waals surface area contributed by atoms with Gasteiger partial charge in [0.2, 0.25) is 0 Å². The minimum atomic E-state index is -0.505. The van der Waals surface area contributed by atoms with Gasteiger partial charge in [0.15, 0.2) is 0 Å². The number of piperazine rings is 1. The summed E-state index contributed by atoms with van der Waals surface area (Å²) in [5.41, 5.74) is 1.14. The van der Waals surface area contributed by atoms with Crippen LogP contribution in [0.2, 0.25) is 5.15 Å². The van der Waals surface area contributed by atoms with E-state index in [-0.39, 0.29) is 12.1 Å². The molecule has 1 aliphatic rings. The first-order valence-electron chi connectivity index (χ1n) is 7.54. The summed E-state index contributed by atoms with van der Waals surface area (Å²) in [6.45, 7) is 7.39. The molecule has 23 heavy (non-hydrogen) atoms. The van der Waals surface area contributed by atoms with Crippen LogP contribution in [0.25, 0.3) is 11.0 Å². The summed E-state index contributed by atoms with van der Waals surface area (Å²) in [5, 5.41) is 4.60. The molecule has 8 heteroatoms. The van der Waals surface area contributed by atoms with Crippen LogP contribution < -0.4 is 5.32 Å². The van der Waals surface area contributed by atoms with E-state index >= 15 is 0 Å². The van der Waals surface area contributed by atoms with E-state index in [1.165, 1.54) is 6.33 Å². The molecular formula is C15H20ClN5O2. The summed E-state index contributed by atoms with van der Waals surface area (Å²) in [6.07, 6.45) is 2.99. The molecule has 1 fully saturated rings. The van der Waals surface area contributed by atoms with Crippen LogP contribution in [0.1, 0.15) is 32.4 Å². The van der Waals surface area contributed by atoms with Crippen LogP contribution in [0.4, 0.5) is 4.79 Å². The molecule has 124 valence electrons. The number of aromatic nitrogens is 3. The quantitative estimate of drug-likeness (QED) is 0.781. The van der Waals surface area contributed by atoms with Gasteiger partial charge in [0.1, 0.15) is 22.7 Å². The summed E-state index contributed by atoms with van der Waals surface area (Å²) in [4.78, 5) is 25.3. The van der Waals surface area contributed by atoms with Crippen LogP contribution in [-0.4, -0.2) is 51.2 Å². The summed E-state index contributed by atoms with van der Waals surface area (Å²) in [5.74, 6) is 0. The van der Waals surface area contributed by atoms with Gasteiger partial charge in [0.25, 0.3) is 0 Å². The Balaban J connectivity index is 1.82. The van der Waals surface area contributed by atoms with Gasteiger partial charge >= 0.3 is 6.09 Å². The second kappa shape index (κ2) is 5.98. The van der Waals surface area contributed by atoms with Gasteiger partial charge in [-0.2, -0.15) is 0 Å². The van der Waals surface area contributed by atoms with Gasteiger partial charge in [-0.25, -0.2) is 14.8 Å². The molecule has 1 saturated heterocycles. The topological polar surface area (TPSA) is 83.1 Å². The Labute approximate surface area is 139 Å². The first-order valence-corrected chi connectivity index (χ1v) is 7.92. The number of aromatic amines is 1. The molecule has 0 radical (unpaired) electrons. The molecule has 1 unspecified atom stereocenters. The van der Waals surface area contributed by atoms with Crippen molar-refractivity contribution in [3.05, 3.63) is 23.2 Å². The van der Waals surface area contributed by atoms with Gasteiger partial charge in [-0.15, -0.1) is 0 Å². The lowest BCUT2D eigenvalue weighted by Gasteiger charge is -2.34. The van der Waals surface area contributed by atoms with Gasteiger partial charge in [0.05, 0.1) is 11.4 Å². The van der Waals surface area contributed by atoms with Crippen molar-refractivity contribution in [1.82, 2.24) is 25.2 Å². The number of rotatable bonds is 1. The molecule has 7 nitrogen and oxygen atoms in total. The number of nitrogens with one attached hydrogen (secondary N) is 2. The molecule has 3 rings (SSSR count). The Bertz CT molecular complexity index is 724. The highest BCUT2D eigenvalue weighted by Gasteiger charge is 2.29. The number of hydrogen-bond donors (Lipinski definition) is 2. The van der Waals surface area contributed by atoms with Crippen LogP contribution in [0.15, 0.2) is 12.5 Å². The third-order valence-electron chi connectivity index (χ3n) is 3.66. The first-order chi connectivity index (χ1) is 10.8. The molecule has 1 amide bonds. The van der Waals surface area contributed by atoms with E-state index in [4.69, 9.17) is 16.3 Å². The van der Waals surface area contributed by atoms with Crippen molar-refractivity contribution in [3.63, 3.8) is 0 Å². The standard InChI is InChI=1S/C15H20ClN5O2/c1-15(2,3)23-14(22)21-5-4-17-10(7-21)9-6-18-13-11(9)12(16)19-8-20-13/h6,8,10,17H,4-5,7H2,1-3H3,(H,18,19,20). The molecule has 2 aromatic heterocycles. The molecule has 2 aromatic rings. The minimum Gasteiger partial charge on any atom is -0.444 e. The summed E-state index contributed by atoms with van der Waals surface area (Å²) >= 11 is 6.20. The molecule has 1 aliphatic heterocycles. The highest BCUT2D eigenvalue weighted by molar-refractivity contribution is 6.34. The Hall–Kier alpha value is -1.86. The van der Waals surface area contributed by atoms with Crippen LogP contribution in [0.5, 0.6) is 0 Å². The molecule has 1 atom stereocenters. The number of H-pyrrole nitrogens is 1. The summed E-state index contributed by atoms with van der Waals surface area (Å²) in [7, 11) is 0. The van der Waals surface area contributed by atoms with Crippen molar-refractivity contribution in [2.75, 3.05) is 19.6 Å². The fourth-order valence-electron chi connectivity index (χ4n) is 2.67. The second-order valence-electron chi connectivity index (χ2n) is 6.57. The lowest BCUT2D eigenvalue weighted by atomic mass is 10.1. The molecule has 2 N–H and O–H groups in total. The van der Waals surface area contributed by atoms with Crippen molar-refractivity contribution in [3.8, 4) is 0 Å². The molecule has 0 spiro atoms. The molecule has 0 bridgehead atoms. The molecular weight excluding hydrogens is 318 g/mol. The van der Waals surface area contributed by atoms with Crippen LogP contribution in [0.3, 0.4) is 0 Å². The fraction of sp³-hybridized carbons (Fsp3) is 0.533. The van der Waals surface area contributed by atoms with Crippen molar-refractivity contribution in [1.29, 1.82) is 0 Å². The van der Waals surface area contributed by atoms with Crippen molar-refractivity contribution in [2.45, 2.75) is 32.4 Å². The number of fused-ring (bicyclic) bond motifs is 1. The van der Waals surface area contributed by atoms with E-state index in [1.807, 2.05) is 27.0 Å². The lowest BCUT2D eigenvalue weighted by molar-refractivity contribution is 0.0195. The summed E-state index contributed by atoms with van der Waals surface area (Å²) < 4.78 is 5.45. The lowest BCUT2D eigenvalue weighted by Crippen LogP contribution is -2.49. The zero-order chi connectivity index (χ0) is 16.6. The van der Waals surface area contributed by atoms with Gasteiger partial charge in [-0.3, -0.25) is 0 Å². The normalized spacial score (nSPS) is 19.1. The zero-order valence-electron chi connectivity index (χ0n) is 13.4. The van der Waals surface area contributed by atoms with E-state index in [9.17, 15) is 4.79 Å². The monoisotopic (exact) mass is 337 g/mol. The van der Waals surface area contributed by atoms with Gasteiger partial charge in [-0.1, -0.05) is 11.6 Å². The smallest absolute Gasteiger partial charge is 0.410 e. The maximum Gasteiger partial charge on any atom is 0.410 e. The van der Waals surface area contributed by atoms with Crippen molar-refractivity contribution < 1.29 is 9.53 Å². The Morgan fingerprint density at radius 2 is 2.22 bits per heavy atom. The van der Waals surface area contributed by atoms with E-state index in [1.54, 1.807) is 4.90 Å². The van der Waals surface area contributed by atoms with Gasteiger partial charge < -0.3 is 19.9 Å². The number of carbonyl (C=O) groups is 1. The predicted molar refractivity (Wildman–Crippen MR) is 87.4 cm³/mol. The second-order valence-corrected chi connectivity index (χ2v) is 6.92. The average Bonchev–Trinajstić information content (AvgIpc) is 2.91. The Morgan fingerprint density at radius 3 is 2.96 bits per heavy atom. The molecule has 0 aliphatic carbocycles. The number of nitrogens with zero attached hydrogens (tertiary/aromatic N) is 3. The maximum absolute atomic E-state index is 12.3. The highest BCUT2D eigenvalue weighted by atomic mass is 35.5. The maximum atomic E-state index is 12.3. The number of ether oxygens (including phenoxy) is 1. The third kappa shape index (κ3) is 3.40. The van der Waals surface area contributed by atoms with Crippen molar-refractivity contribution in [2.24, 2.45) is 0 Å². The SMILES string of the molecule is CC(C)(C)OC(=O)N1CCNC(c2c[nH]c3ncnc(Cl)c23)C1. The van der Waals surface area contributed by atoms with Crippen molar-refractivity contribution >= 4 is 28.7 Å².